The number of carbonyl (C=O) groups excluding carboxylic acids is 1. The van der Waals surface area contributed by atoms with Crippen LogP contribution in [-0.4, -0.2) is 16.4 Å². The second kappa shape index (κ2) is 3.67. The number of alkyl halides is 1. The average molecular weight is 253 g/mol. The lowest BCUT2D eigenvalue weighted by Crippen LogP contribution is -2.42. The standard InChI is InChI=1S/C7H12INO/c1-2-5-6(10)3-4-9-7(5)8/h5,7,9H,2-4H2,1H3. The highest BCUT2D eigenvalue weighted by Crippen LogP contribution is 2.20. The summed E-state index contributed by atoms with van der Waals surface area (Å²) in [5, 5.41) is 3.28. The first-order chi connectivity index (χ1) is 4.75. The molecule has 3 heteroatoms. The molecule has 0 aromatic rings. The Morgan fingerprint density at radius 2 is 2.50 bits per heavy atom. The zero-order valence-electron chi connectivity index (χ0n) is 6.06. The maximum Gasteiger partial charge on any atom is 0.139 e. The van der Waals surface area contributed by atoms with E-state index in [2.05, 4.69) is 34.8 Å². The third-order valence-corrected chi connectivity index (χ3v) is 3.23. The number of hydrogen-bond donors (Lipinski definition) is 1. The molecule has 0 aliphatic carbocycles. The lowest BCUT2D eigenvalue weighted by atomic mass is 9.96. The van der Waals surface area contributed by atoms with Gasteiger partial charge in [0.1, 0.15) is 5.78 Å². The Hall–Kier alpha value is 0.360. The summed E-state index contributed by atoms with van der Waals surface area (Å²) in [6, 6.07) is 0. The number of carbonyl (C=O) groups is 1. The minimum Gasteiger partial charge on any atom is -0.304 e. The monoisotopic (exact) mass is 253 g/mol. The molecule has 0 spiro atoms. The lowest BCUT2D eigenvalue weighted by molar-refractivity contribution is -0.124. The fourth-order valence-corrected chi connectivity index (χ4v) is 2.48. The second-order valence-electron chi connectivity index (χ2n) is 2.59. The predicted octanol–water partition coefficient (Wildman–Crippen LogP) is 1.34. The molecule has 10 heavy (non-hydrogen) atoms. The Morgan fingerprint density at radius 3 is 2.90 bits per heavy atom. The fraction of sp³-hybridized carbons (Fsp3) is 0.857. The summed E-state index contributed by atoms with van der Waals surface area (Å²) >= 11 is 2.30. The smallest absolute Gasteiger partial charge is 0.139 e. The first-order valence-electron chi connectivity index (χ1n) is 3.66. The molecular weight excluding hydrogens is 241 g/mol. The molecule has 0 aromatic carbocycles. The predicted molar refractivity (Wildman–Crippen MR) is 49.2 cm³/mol. The van der Waals surface area contributed by atoms with Gasteiger partial charge in [0.15, 0.2) is 0 Å². The molecule has 2 nitrogen and oxygen atoms in total. The van der Waals surface area contributed by atoms with Crippen molar-refractivity contribution in [2.24, 2.45) is 5.92 Å². The first-order valence-corrected chi connectivity index (χ1v) is 4.90. The van der Waals surface area contributed by atoms with Crippen LogP contribution >= 0.6 is 22.6 Å². The van der Waals surface area contributed by atoms with E-state index in [4.69, 9.17) is 0 Å². The molecule has 1 N–H and O–H groups in total. The summed E-state index contributed by atoms with van der Waals surface area (Å²) < 4.78 is 0.365. The van der Waals surface area contributed by atoms with Crippen LogP contribution in [0.15, 0.2) is 0 Å². The van der Waals surface area contributed by atoms with Crippen LogP contribution in [0.4, 0.5) is 0 Å². The third kappa shape index (κ3) is 1.69. The van der Waals surface area contributed by atoms with E-state index in [0.29, 0.717) is 9.83 Å². The molecule has 58 valence electrons. The van der Waals surface area contributed by atoms with Gasteiger partial charge in [-0.2, -0.15) is 0 Å². The van der Waals surface area contributed by atoms with Gasteiger partial charge in [-0.1, -0.05) is 29.5 Å². The van der Waals surface area contributed by atoms with E-state index in [1.165, 1.54) is 0 Å². The summed E-state index contributed by atoms with van der Waals surface area (Å²) in [5.41, 5.74) is 0. The topological polar surface area (TPSA) is 29.1 Å². The van der Waals surface area contributed by atoms with Gasteiger partial charge in [-0.15, -0.1) is 0 Å². The van der Waals surface area contributed by atoms with Crippen molar-refractivity contribution in [1.82, 2.24) is 5.32 Å². The number of ketones is 1. The van der Waals surface area contributed by atoms with E-state index in [9.17, 15) is 4.79 Å². The third-order valence-electron chi connectivity index (χ3n) is 1.92. The van der Waals surface area contributed by atoms with Gasteiger partial charge >= 0.3 is 0 Å². The van der Waals surface area contributed by atoms with Crippen LogP contribution in [-0.2, 0) is 4.79 Å². The highest BCUT2D eigenvalue weighted by molar-refractivity contribution is 14.1. The van der Waals surface area contributed by atoms with Crippen LogP contribution in [0.1, 0.15) is 19.8 Å². The second-order valence-corrected chi connectivity index (χ2v) is 3.93. The molecule has 1 aliphatic rings. The van der Waals surface area contributed by atoms with Gasteiger partial charge < -0.3 is 5.32 Å². The maximum atomic E-state index is 11.2. The van der Waals surface area contributed by atoms with Crippen molar-refractivity contribution in [2.45, 2.75) is 23.8 Å². The van der Waals surface area contributed by atoms with Gasteiger partial charge in [-0.3, -0.25) is 4.79 Å². The van der Waals surface area contributed by atoms with Gasteiger partial charge in [0, 0.05) is 18.9 Å². The summed E-state index contributed by atoms with van der Waals surface area (Å²) in [7, 11) is 0. The van der Waals surface area contributed by atoms with E-state index < -0.39 is 0 Å². The van der Waals surface area contributed by atoms with Crippen LogP contribution in [0.3, 0.4) is 0 Å². The van der Waals surface area contributed by atoms with Crippen LogP contribution in [0.25, 0.3) is 0 Å². The zero-order chi connectivity index (χ0) is 7.56. The fourth-order valence-electron chi connectivity index (χ4n) is 1.26. The van der Waals surface area contributed by atoms with Gasteiger partial charge in [-0.25, -0.2) is 0 Å². The Morgan fingerprint density at radius 1 is 1.80 bits per heavy atom. The van der Waals surface area contributed by atoms with Crippen LogP contribution < -0.4 is 5.32 Å². The van der Waals surface area contributed by atoms with Crippen molar-refractivity contribution in [1.29, 1.82) is 0 Å². The quantitative estimate of drug-likeness (QED) is 0.434. The maximum absolute atomic E-state index is 11.2. The number of nitrogens with one attached hydrogen (secondary N) is 1. The number of hydrogen-bond acceptors (Lipinski definition) is 2. The molecule has 0 saturated carbocycles. The van der Waals surface area contributed by atoms with E-state index in [0.717, 1.165) is 19.4 Å². The molecule has 1 fully saturated rings. The Labute approximate surface area is 74.9 Å². The average Bonchev–Trinajstić information content (AvgIpc) is 1.88. The highest BCUT2D eigenvalue weighted by Gasteiger charge is 2.27. The highest BCUT2D eigenvalue weighted by atomic mass is 127. The Bertz CT molecular complexity index is 138. The molecule has 1 saturated heterocycles. The molecule has 0 amide bonds. The minimum atomic E-state index is 0.259. The normalized spacial score (nSPS) is 34.4. The van der Waals surface area contributed by atoms with E-state index in [-0.39, 0.29) is 5.92 Å². The Kier molecular flexibility index (Phi) is 3.10. The largest absolute Gasteiger partial charge is 0.304 e. The van der Waals surface area contributed by atoms with Crippen LogP contribution in [0, 0.1) is 5.92 Å². The Balaban J connectivity index is 2.53. The summed E-state index contributed by atoms with van der Waals surface area (Å²) in [4.78, 5) is 11.2. The van der Waals surface area contributed by atoms with Crippen molar-refractivity contribution in [3.05, 3.63) is 0 Å². The lowest BCUT2D eigenvalue weighted by Gasteiger charge is -2.26. The van der Waals surface area contributed by atoms with Crippen molar-refractivity contribution in [3.8, 4) is 0 Å². The molecule has 0 aromatic heterocycles. The van der Waals surface area contributed by atoms with E-state index >= 15 is 0 Å². The van der Waals surface area contributed by atoms with E-state index in [1.807, 2.05) is 0 Å². The van der Waals surface area contributed by atoms with Crippen molar-refractivity contribution >= 4 is 28.4 Å². The van der Waals surface area contributed by atoms with Crippen LogP contribution in [0.2, 0.25) is 0 Å². The molecule has 1 heterocycles. The zero-order valence-corrected chi connectivity index (χ0v) is 8.22. The number of piperidine rings is 1. The number of halogens is 1. The number of Topliss-reactive ketones (excluding diaryl/α,β-unsaturated/α-hetero) is 1. The number of rotatable bonds is 1. The van der Waals surface area contributed by atoms with Crippen LogP contribution in [0.5, 0.6) is 0 Å². The molecule has 2 unspecified atom stereocenters. The molecule has 0 radical (unpaired) electrons. The van der Waals surface area contributed by atoms with Gasteiger partial charge in [0.05, 0.1) is 4.05 Å². The summed E-state index contributed by atoms with van der Waals surface area (Å²) in [6.07, 6.45) is 1.69. The molecule has 1 rings (SSSR count). The molecule has 0 bridgehead atoms. The van der Waals surface area contributed by atoms with Crippen molar-refractivity contribution < 1.29 is 4.79 Å². The first kappa shape index (κ1) is 8.46. The van der Waals surface area contributed by atoms with E-state index in [1.54, 1.807) is 0 Å². The van der Waals surface area contributed by atoms with Gasteiger partial charge in [0.2, 0.25) is 0 Å². The minimum absolute atomic E-state index is 0.259. The van der Waals surface area contributed by atoms with Crippen molar-refractivity contribution in [2.75, 3.05) is 6.54 Å². The molecule has 2 atom stereocenters. The van der Waals surface area contributed by atoms with Gasteiger partial charge in [-0.05, 0) is 6.42 Å². The molecular formula is C7H12INO. The SMILES string of the molecule is CCC1C(=O)CCNC1I. The van der Waals surface area contributed by atoms with Crippen molar-refractivity contribution in [3.63, 3.8) is 0 Å². The summed E-state index contributed by atoms with van der Waals surface area (Å²) in [5.74, 6) is 0.690. The molecule has 1 aliphatic heterocycles. The summed E-state index contributed by atoms with van der Waals surface area (Å²) in [6.45, 7) is 2.93. The van der Waals surface area contributed by atoms with Gasteiger partial charge in [0.25, 0.3) is 0 Å².